The van der Waals surface area contributed by atoms with Gasteiger partial charge in [-0.25, -0.2) is 14.5 Å². The van der Waals surface area contributed by atoms with Crippen molar-refractivity contribution in [3.8, 4) is 0 Å². The zero-order valence-corrected chi connectivity index (χ0v) is 20.7. The molecule has 0 spiro atoms. The number of carbonyl (C=O) groups is 2. The topological polar surface area (TPSA) is 101 Å². The molecule has 0 unspecified atom stereocenters. The first-order chi connectivity index (χ1) is 16.5. The highest BCUT2D eigenvalue weighted by Crippen LogP contribution is 2.32. The van der Waals surface area contributed by atoms with Gasteiger partial charge in [0.2, 0.25) is 0 Å². The minimum absolute atomic E-state index is 0.0101. The van der Waals surface area contributed by atoms with E-state index in [1.165, 1.54) is 32.1 Å². The average molecular weight is 471 g/mol. The van der Waals surface area contributed by atoms with E-state index in [-0.39, 0.29) is 24.1 Å². The number of amides is 2. The van der Waals surface area contributed by atoms with E-state index in [1.807, 2.05) is 17.8 Å². The van der Waals surface area contributed by atoms with Crippen LogP contribution in [0.25, 0.3) is 11.0 Å². The Labute approximate surface area is 201 Å². The van der Waals surface area contributed by atoms with Crippen LogP contribution in [0.1, 0.15) is 76.1 Å². The van der Waals surface area contributed by atoms with Crippen molar-refractivity contribution in [2.75, 3.05) is 25.0 Å². The molecule has 2 aliphatic rings. The number of rotatable bonds is 7. The fraction of sp³-hybridized carbons (Fsp3) is 0.680. The molecule has 9 heteroatoms. The van der Waals surface area contributed by atoms with Crippen LogP contribution in [0.4, 0.5) is 10.5 Å². The Morgan fingerprint density at radius 3 is 2.53 bits per heavy atom. The Bertz CT molecular complexity index is 992. The van der Waals surface area contributed by atoms with E-state index < -0.39 is 0 Å². The van der Waals surface area contributed by atoms with Crippen LogP contribution in [0.3, 0.4) is 0 Å². The Hall–Kier alpha value is -2.84. The lowest BCUT2D eigenvalue weighted by atomic mass is 9.84. The highest BCUT2D eigenvalue weighted by atomic mass is 16.6. The average Bonchev–Trinajstić information content (AvgIpc) is 3.29. The van der Waals surface area contributed by atoms with Gasteiger partial charge < -0.3 is 20.3 Å². The van der Waals surface area contributed by atoms with E-state index in [4.69, 9.17) is 4.74 Å². The maximum Gasteiger partial charge on any atom is 0.409 e. The lowest BCUT2D eigenvalue weighted by molar-refractivity contribution is 0.0860. The van der Waals surface area contributed by atoms with Gasteiger partial charge >= 0.3 is 6.09 Å². The summed E-state index contributed by atoms with van der Waals surface area (Å²) in [4.78, 5) is 31.7. The number of likely N-dealkylation sites (tertiary alicyclic amines) is 1. The van der Waals surface area contributed by atoms with Crippen molar-refractivity contribution in [1.82, 2.24) is 25.0 Å². The molecular weight excluding hydrogens is 432 g/mol. The molecule has 1 saturated heterocycles. The van der Waals surface area contributed by atoms with Crippen molar-refractivity contribution in [2.45, 2.75) is 84.3 Å². The summed E-state index contributed by atoms with van der Waals surface area (Å²) in [6, 6.07) is 0.270. The SMILES string of the molecule is CCOC(=O)N1CCC(NC(=O)c2cnc3c(cnn3CC)c2N[C@H](C)C2CCCCC2)CC1. The normalized spacial score (nSPS) is 18.6. The molecule has 1 aliphatic heterocycles. The smallest absolute Gasteiger partial charge is 0.409 e. The molecule has 2 aromatic rings. The summed E-state index contributed by atoms with van der Waals surface area (Å²) >= 11 is 0. The number of pyridine rings is 1. The predicted molar refractivity (Wildman–Crippen MR) is 132 cm³/mol. The molecular formula is C25H38N6O3. The second-order valence-corrected chi connectivity index (χ2v) is 9.51. The molecule has 1 atom stereocenters. The Kier molecular flexibility index (Phi) is 7.90. The number of fused-ring (bicyclic) bond motifs is 1. The van der Waals surface area contributed by atoms with E-state index in [2.05, 4.69) is 27.6 Å². The molecule has 1 aliphatic carbocycles. The van der Waals surface area contributed by atoms with Crippen LogP contribution < -0.4 is 10.6 Å². The number of aromatic nitrogens is 3. The molecule has 186 valence electrons. The lowest BCUT2D eigenvalue weighted by Crippen LogP contribution is -2.46. The largest absolute Gasteiger partial charge is 0.450 e. The number of aryl methyl sites for hydroxylation is 1. The molecule has 4 rings (SSSR count). The number of anilines is 1. The van der Waals surface area contributed by atoms with E-state index in [1.54, 1.807) is 18.0 Å². The van der Waals surface area contributed by atoms with Gasteiger partial charge in [0, 0.05) is 37.9 Å². The molecule has 3 heterocycles. The van der Waals surface area contributed by atoms with Crippen LogP contribution in [0.15, 0.2) is 12.4 Å². The van der Waals surface area contributed by atoms with Crippen LogP contribution in [0, 0.1) is 5.92 Å². The minimum Gasteiger partial charge on any atom is -0.450 e. The van der Waals surface area contributed by atoms with E-state index in [9.17, 15) is 9.59 Å². The first-order valence-corrected chi connectivity index (χ1v) is 12.8. The summed E-state index contributed by atoms with van der Waals surface area (Å²) in [5, 5.41) is 12.2. The Balaban J connectivity index is 1.51. The summed E-state index contributed by atoms with van der Waals surface area (Å²) in [6.45, 7) is 8.31. The predicted octanol–water partition coefficient (Wildman–Crippen LogP) is 4.18. The van der Waals surface area contributed by atoms with Crippen LogP contribution in [-0.2, 0) is 11.3 Å². The van der Waals surface area contributed by atoms with E-state index in [0.29, 0.717) is 44.0 Å². The number of hydrogen-bond donors (Lipinski definition) is 2. The monoisotopic (exact) mass is 470 g/mol. The second-order valence-electron chi connectivity index (χ2n) is 9.51. The first kappa shape index (κ1) is 24.3. The molecule has 2 amide bonds. The first-order valence-electron chi connectivity index (χ1n) is 12.8. The molecule has 2 aromatic heterocycles. The fourth-order valence-electron chi connectivity index (χ4n) is 5.25. The molecule has 0 radical (unpaired) electrons. The minimum atomic E-state index is -0.280. The standard InChI is InChI=1S/C25H38N6O3/c1-4-31-23-20(16-27-31)22(28-17(3)18-9-7-6-8-10-18)21(15-26-23)24(32)29-19-11-13-30(14-12-19)25(33)34-5-2/h15-19H,4-14H2,1-3H3,(H,26,28)(H,29,32)/t17-/m1/s1. The van der Waals surface area contributed by atoms with Gasteiger partial charge in [-0.15, -0.1) is 0 Å². The number of piperidine rings is 1. The maximum absolute atomic E-state index is 13.4. The van der Waals surface area contributed by atoms with Gasteiger partial charge in [-0.1, -0.05) is 19.3 Å². The summed E-state index contributed by atoms with van der Waals surface area (Å²) < 4.78 is 6.96. The second kappa shape index (κ2) is 11.1. The van der Waals surface area contributed by atoms with E-state index >= 15 is 0 Å². The van der Waals surface area contributed by atoms with Crippen molar-refractivity contribution >= 4 is 28.7 Å². The third-order valence-corrected chi connectivity index (χ3v) is 7.30. The quantitative estimate of drug-likeness (QED) is 0.629. The van der Waals surface area contributed by atoms with Gasteiger partial charge in [-0.05, 0) is 52.4 Å². The van der Waals surface area contributed by atoms with Crippen molar-refractivity contribution < 1.29 is 14.3 Å². The number of nitrogens with zero attached hydrogens (tertiary/aromatic N) is 4. The highest BCUT2D eigenvalue weighted by molar-refractivity contribution is 6.06. The fourth-order valence-corrected chi connectivity index (χ4v) is 5.25. The molecule has 1 saturated carbocycles. The highest BCUT2D eigenvalue weighted by Gasteiger charge is 2.28. The van der Waals surface area contributed by atoms with Crippen molar-refractivity contribution in [2.24, 2.45) is 5.92 Å². The lowest BCUT2D eigenvalue weighted by Gasteiger charge is -2.32. The molecule has 0 bridgehead atoms. The van der Waals surface area contributed by atoms with E-state index in [0.717, 1.165) is 23.3 Å². The summed E-state index contributed by atoms with van der Waals surface area (Å²) in [5.74, 6) is 0.466. The van der Waals surface area contributed by atoms with Crippen LogP contribution in [0.5, 0.6) is 0 Å². The van der Waals surface area contributed by atoms with Crippen LogP contribution in [0.2, 0.25) is 0 Å². The summed E-state index contributed by atoms with van der Waals surface area (Å²) in [7, 11) is 0. The molecule has 9 nitrogen and oxygen atoms in total. The third-order valence-electron chi connectivity index (χ3n) is 7.30. The van der Waals surface area contributed by atoms with Gasteiger partial charge in [-0.2, -0.15) is 5.10 Å². The number of ether oxygens (including phenoxy) is 1. The van der Waals surface area contributed by atoms with Gasteiger partial charge in [0.25, 0.3) is 5.91 Å². The van der Waals surface area contributed by atoms with Crippen molar-refractivity contribution in [3.05, 3.63) is 18.0 Å². The van der Waals surface area contributed by atoms with Crippen LogP contribution >= 0.6 is 0 Å². The molecule has 2 fully saturated rings. The maximum atomic E-state index is 13.4. The van der Waals surface area contributed by atoms with Crippen LogP contribution in [-0.4, -0.2) is 63.4 Å². The van der Waals surface area contributed by atoms with Gasteiger partial charge in [0.05, 0.1) is 29.4 Å². The summed E-state index contributed by atoms with van der Waals surface area (Å²) in [6.07, 6.45) is 10.9. The molecule has 0 aromatic carbocycles. The van der Waals surface area contributed by atoms with Crippen molar-refractivity contribution in [3.63, 3.8) is 0 Å². The van der Waals surface area contributed by atoms with Crippen molar-refractivity contribution in [1.29, 1.82) is 0 Å². The number of carbonyl (C=O) groups excluding carboxylic acids is 2. The molecule has 34 heavy (non-hydrogen) atoms. The summed E-state index contributed by atoms with van der Waals surface area (Å²) in [5.41, 5.74) is 2.17. The Morgan fingerprint density at radius 2 is 1.85 bits per heavy atom. The molecule has 2 N–H and O–H groups in total. The zero-order chi connectivity index (χ0) is 24.1. The van der Waals surface area contributed by atoms with Gasteiger partial charge in [0.1, 0.15) is 0 Å². The number of hydrogen-bond acceptors (Lipinski definition) is 6. The number of nitrogens with one attached hydrogen (secondary N) is 2. The van der Waals surface area contributed by atoms with Gasteiger partial charge in [-0.3, -0.25) is 4.79 Å². The third kappa shape index (κ3) is 5.28. The zero-order valence-electron chi connectivity index (χ0n) is 20.7. The van der Waals surface area contributed by atoms with Gasteiger partial charge in [0.15, 0.2) is 5.65 Å². The Morgan fingerprint density at radius 1 is 1.12 bits per heavy atom.